The van der Waals surface area contributed by atoms with Crippen LogP contribution in [0.15, 0.2) is 0 Å². The maximum absolute atomic E-state index is 5.75. The molecule has 1 saturated heterocycles. The molecule has 2 N–H and O–H groups in total. The molecular weight excluding hydrogens is 240 g/mol. The molecule has 1 unspecified atom stereocenters. The van der Waals surface area contributed by atoms with E-state index in [2.05, 4.69) is 28.5 Å². The van der Waals surface area contributed by atoms with E-state index in [1.165, 1.54) is 17.7 Å². The van der Waals surface area contributed by atoms with Gasteiger partial charge in [0.05, 0.1) is 18.8 Å². The van der Waals surface area contributed by atoms with Crippen molar-refractivity contribution < 1.29 is 4.74 Å². The Kier molecular flexibility index (Phi) is 4.96. The maximum Gasteiger partial charge on any atom is 0.0658 e. The normalized spacial score (nSPS) is 20.3. The van der Waals surface area contributed by atoms with Crippen molar-refractivity contribution in [2.45, 2.75) is 33.4 Å². The monoisotopic (exact) mass is 266 g/mol. The third kappa shape index (κ3) is 3.35. The van der Waals surface area contributed by atoms with E-state index in [9.17, 15) is 0 Å². The van der Waals surface area contributed by atoms with Crippen LogP contribution < -0.4 is 5.73 Å². The molecule has 1 aliphatic rings. The number of hydrogen-bond donors (Lipinski definition) is 1. The molecule has 0 amide bonds. The van der Waals surface area contributed by atoms with Crippen LogP contribution in [-0.4, -0.2) is 48.0 Å². The molecule has 2 heterocycles. The Morgan fingerprint density at radius 2 is 2.21 bits per heavy atom. The highest BCUT2D eigenvalue weighted by Gasteiger charge is 2.23. The predicted octanol–water partition coefficient (Wildman–Crippen LogP) is 0.927. The molecule has 0 spiro atoms. The molecule has 5 nitrogen and oxygen atoms in total. The van der Waals surface area contributed by atoms with E-state index < -0.39 is 0 Å². The van der Waals surface area contributed by atoms with Crippen LogP contribution >= 0.6 is 0 Å². The SMILES string of the molecule is COCCn1nc(C)c(CN2CCC(CN)C2)c1C. The summed E-state index contributed by atoms with van der Waals surface area (Å²) in [5.41, 5.74) is 9.53. The van der Waals surface area contributed by atoms with Gasteiger partial charge in [-0.2, -0.15) is 5.10 Å². The van der Waals surface area contributed by atoms with Crippen LogP contribution in [-0.2, 0) is 17.8 Å². The molecule has 0 radical (unpaired) electrons. The van der Waals surface area contributed by atoms with Crippen LogP contribution in [0.1, 0.15) is 23.4 Å². The number of likely N-dealkylation sites (tertiary alicyclic amines) is 1. The third-order valence-electron chi connectivity index (χ3n) is 4.12. The van der Waals surface area contributed by atoms with Crippen molar-refractivity contribution in [3.8, 4) is 0 Å². The summed E-state index contributed by atoms with van der Waals surface area (Å²) >= 11 is 0. The molecule has 5 heteroatoms. The first-order valence-electron chi connectivity index (χ1n) is 7.10. The van der Waals surface area contributed by atoms with Crippen LogP contribution in [0.3, 0.4) is 0 Å². The van der Waals surface area contributed by atoms with Gasteiger partial charge in [-0.15, -0.1) is 0 Å². The van der Waals surface area contributed by atoms with Gasteiger partial charge in [-0.3, -0.25) is 9.58 Å². The molecule has 0 aromatic carbocycles. The van der Waals surface area contributed by atoms with Crippen molar-refractivity contribution in [2.75, 3.05) is 33.4 Å². The van der Waals surface area contributed by atoms with Gasteiger partial charge in [0.1, 0.15) is 0 Å². The second kappa shape index (κ2) is 6.50. The van der Waals surface area contributed by atoms with Crippen molar-refractivity contribution >= 4 is 0 Å². The molecule has 0 saturated carbocycles. The molecule has 0 bridgehead atoms. The van der Waals surface area contributed by atoms with Crippen molar-refractivity contribution in [1.29, 1.82) is 0 Å². The molecule has 1 aromatic heterocycles. The van der Waals surface area contributed by atoms with Crippen LogP contribution in [0.25, 0.3) is 0 Å². The number of rotatable bonds is 6. The highest BCUT2D eigenvalue weighted by Crippen LogP contribution is 2.21. The van der Waals surface area contributed by atoms with Crippen molar-refractivity contribution in [1.82, 2.24) is 14.7 Å². The topological polar surface area (TPSA) is 56.3 Å². The summed E-state index contributed by atoms with van der Waals surface area (Å²) in [6.45, 7) is 9.88. The Labute approximate surface area is 115 Å². The summed E-state index contributed by atoms with van der Waals surface area (Å²) in [7, 11) is 1.73. The van der Waals surface area contributed by atoms with Crippen LogP contribution in [0.5, 0.6) is 0 Å². The van der Waals surface area contributed by atoms with E-state index in [0.717, 1.165) is 38.4 Å². The van der Waals surface area contributed by atoms with Crippen LogP contribution in [0.4, 0.5) is 0 Å². The summed E-state index contributed by atoms with van der Waals surface area (Å²) in [6, 6.07) is 0. The number of nitrogens with zero attached hydrogens (tertiary/aromatic N) is 3. The smallest absolute Gasteiger partial charge is 0.0658 e. The quantitative estimate of drug-likeness (QED) is 0.832. The lowest BCUT2D eigenvalue weighted by Gasteiger charge is -2.16. The Morgan fingerprint density at radius 1 is 1.42 bits per heavy atom. The fraction of sp³-hybridized carbons (Fsp3) is 0.786. The molecule has 1 fully saturated rings. The average molecular weight is 266 g/mol. The Bertz CT molecular complexity index is 416. The molecule has 19 heavy (non-hydrogen) atoms. The standard InChI is InChI=1S/C14H26N4O/c1-11-14(10-17-5-4-13(8-15)9-17)12(2)18(16-11)6-7-19-3/h13H,4-10,15H2,1-3H3. The number of methoxy groups -OCH3 is 1. The third-order valence-corrected chi connectivity index (χ3v) is 4.12. The van der Waals surface area contributed by atoms with Crippen molar-refractivity contribution in [3.63, 3.8) is 0 Å². The zero-order valence-corrected chi connectivity index (χ0v) is 12.4. The number of aromatic nitrogens is 2. The lowest BCUT2D eigenvalue weighted by atomic mass is 10.1. The zero-order valence-electron chi connectivity index (χ0n) is 12.4. The first kappa shape index (κ1) is 14.5. The fourth-order valence-electron chi connectivity index (χ4n) is 2.83. The molecular formula is C14H26N4O. The molecule has 1 aliphatic heterocycles. The largest absolute Gasteiger partial charge is 0.383 e. The molecule has 108 valence electrons. The van der Waals surface area contributed by atoms with Gasteiger partial charge in [0.25, 0.3) is 0 Å². The average Bonchev–Trinajstić information content (AvgIpc) is 2.96. The highest BCUT2D eigenvalue weighted by atomic mass is 16.5. The van der Waals surface area contributed by atoms with Gasteiger partial charge < -0.3 is 10.5 Å². The van der Waals surface area contributed by atoms with E-state index in [1.807, 2.05) is 0 Å². The second-order valence-corrected chi connectivity index (χ2v) is 5.49. The second-order valence-electron chi connectivity index (χ2n) is 5.49. The number of nitrogens with two attached hydrogens (primary N) is 1. The van der Waals surface area contributed by atoms with Crippen molar-refractivity contribution in [3.05, 3.63) is 17.0 Å². The Hall–Kier alpha value is -0.910. The minimum Gasteiger partial charge on any atom is -0.383 e. The zero-order chi connectivity index (χ0) is 13.8. The molecule has 1 atom stereocenters. The fourth-order valence-corrected chi connectivity index (χ4v) is 2.83. The first-order valence-corrected chi connectivity index (χ1v) is 7.10. The van der Waals surface area contributed by atoms with Crippen LogP contribution in [0, 0.1) is 19.8 Å². The highest BCUT2D eigenvalue weighted by molar-refractivity contribution is 5.24. The summed E-state index contributed by atoms with van der Waals surface area (Å²) in [5, 5.41) is 4.61. The molecule has 0 aliphatic carbocycles. The van der Waals surface area contributed by atoms with Gasteiger partial charge in [-0.25, -0.2) is 0 Å². The number of ether oxygens (including phenoxy) is 1. The predicted molar refractivity (Wildman–Crippen MR) is 76.0 cm³/mol. The number of aryl methyl sites for hydroxylation is 1. The molecule has 1 aromatic rings. The van der Waals surface area contributed by atoms with Gasteiger partial charge >= 0.3 is 0 Å². The van der Waals surface area contributed by atoms with Crippen LogP contribution in [0.2, 0.25) is 0 Å². The van der Waals surface area contributed by atoms with E-state index in [1.54, 1.807) is 7.11 Å². The van der Waals surface area contributed by atoms with Gasteiger partial charge in [-0.1, -0.05) is 0 Å². The van der Waals surface area contributed by atoms with Crippen molar-refractivity contribution in [2.24, 2.45) is 11.7 Å². The van der Waals surface area contributed by atoms with E-state index in [-0.39, 0.29) is 0 Å². The van der Waals surface area contributed by atoms with Gasteiger partial charge in [-0.05, 0) is 39.3 Å². The summed E-state index contributed by atoms with van der Waals surface area (Å²) in [4.78, 5) is 2.50. The van der Waals surface area contributed by atoms with Gasteiger partial charge in [0.15, 0.2) is 0 Å². The van der Waals surface area contributed by atoms with E-state index >= 15 is 0 Å². The van der Waals surface area contributed by atoms with E-state index in [0.29, 0.717) is 12.5 Å². The lowest BCUT2D eigenvalue weighted by Crippen LogP contribution is -2.23. The lowest BCUT2D eigenvalue weighted by molar-refractivity contribution is 0.182. The summed E-state index contributed by atoms with van der Waals surface area (Å²) in [6.07, 6.45) is 1.23. The summed E-state index contributed by atoms with van der Waals surface area (Å²) in [5.74, 6) is 0.671. The minimum atomic E-state index is 0.671. The number of hydrogen-bond acceptors (Lipinski definition) is 4. The van der Waals surface area contributed by atoms with Gasteiger partial charge in [0.2, 0.25) is 0 Å². The first-order chi connectivity index (χ1) is 9.15. The minimum absolute atomic E-state index is 0.671. The molecule has 2 rings (SSSR count). The van der Waals surface area contributed by atoms with Gasteiger partial charge in [0, 0.05) is 31.5 Å². The Balaban J connectivity index is 2.02. The maximum atomic E-state index is 5.75. The van der Waals surface area contributed by atoms with E-state index in [4.69, 9.17) is 10.5 Å². The summed E-state index contributed by atoms with van der Waals surface area (Å²) < 4.78 is 7.19. The Morgan fingerprint density at radius 3 is 2.84 bits per heavy atom.